The average Bonchev–Trinajstić information content (AvgIpc) is 1.37. The molecule has 0 bridgehead atoms. The van der Waals surface area contributed by atoms with Crippen molar-refractivity contribution in [3.8, 4) is 0 Å². The third-order valence-corrected chi connectivity index (χ3v) is 0.167. The molecule has 0 aromatic rings. The first kappa shape index (κ1) is 9.11. The van der Waals surface area contributed by atoms with E-state index in [1.165, 1.54) is 6.26 Å². The maximum Gasteiger partial charge on any atom is 1.00 e. The van der Waals surface area contributed by atoms with Crippen LogP contribution < -0.4 is 29.6 Å². The molecule has 0 rings (SSSR count). The summed E-state index contributed by atoms with van der Waals surface area (Å²) in [6, 6.07) is 0. The molecule has 26 valence electrons. The maximum absolute atomic E-state index is 4.31. The summed E-state index contributed by atoms with van der Waals surface area (Å²) in [7, 11) is 1.56. The van der Waals surface area contributed by atoms with Crippen LogP contribution >= 0.6 is 0 Å². The Morgan fingerprint density at radius 2 is 2.20 bits per heavy atom. The molecule has 1 nitrogen and oxygen atoms in total. The van der Waals surface area contributed by atoms with Crippen molar-refractivity contribution in [3.63, 3.8) is 0 Å². The van der Waals surface area contributed by atoms with E-state index in [1.807, 2.05) is 0 Å². The van der Waals surface area contributed by atoms with Gasteiger partial charge in [-0.2, -0.15) is 0 Å². The fraction of sp³-hybridized carbons (Fsp3) is 0.333. The predicted octanol–water partition coefficient (Wildman–Crippen LogP) is -2.11. The minimum absolute atomic E-state index is 0. The van der Waals surface area contributed by atoms with Gasteiger partial charge in [0.05, 0.1) is 13.4 Å². The molecule has 2 heteroatoms. The first-order valence-electron chi connectivity index (χ1n) is 1.05. The Kier molecular flexibility index (Phi) is 16.1. The van der Waals surface area contributed by atoms with E-state index in [9.17, 15) is 0 Å². The third kappa shape index (κ3) is 12.4. The molecule has 0 amide bonds. The van der Waals surface area contributed by atoms with Gasteiger partial charge in [0.2, 0.25) is 0 Å². The van der Waals surface area contributed by atoms with Gasteiger partial charge < -0.3 is 6.16 Å². The number of ether oxygens (including phenoxy) is 1. The second-order valence-corrected chi connectivity index (χ2v) is 0.402. The van der Waals surface area contributed by atoms with Gasteiger partial charge in [-0.15, -0.1) is 0 Å². The molecular formula is C3H7NaO. The molecule has 0 radical (unpaired) electrons. The van der Waals surface area contributed by atoms with Gasteiger partial charge in [-0.3, -0.25) is 0 Å². The Morgan fingerprint density at radius 1 is 2.00 bits per heavy atom. The molecule has 0 aliphatic heterocycles. The smallest absolute Gasteiger partial charge is 1.00 e. The zero-order valence-corrected chi connectivity index (χ0v) is 5.69. The molecule has 0 aromatic heterocycles. The van der Waals surface area contributed by atoms with Crippen molar-refractivity contribution in [1.82, 2.24) is 0 Å². The monoisotopic (exact) mass is 82.0 g/mol. The number of hydrogen-bond acceptors (Lipinski definition) is 1. The Morgan fingerprint density at radius 3 is 2.20 bits per heavy atom. The van der Waals surface area contributed by atoms with Crippen molar-refractivity contribution >= 4 is 0 Å². The molecule has 0 saturated heterocycles. The molecule has 5 heavy (non-hydrogen) atoms. The first-order chi connectivity index (χ1) is 1.91. The molecule has 0 unspecified atom stereocenters. The van der Waals surface area contributed by atoms with Gasteiger partial charge in [0.25, 0.3) is 0 Å². The molecule has 0 atom stereocenters. The minimum Gasteiger partial charge on any atom is -1.00 e. The van der Waals surface area contributed by atoms with Gasteiger partial charge >= 0.3 is 29.6 Å². The van der Waals surface area contributed by atoms with Gasteiger partial charge in [-0.05, 0) is 0 Å². The first-order valence-corrected chi connectivity index (χ1v) is 1.05. The van der Waals surface area contributed by atoms with Gasteiger partial charge in [-0.25, -0.2) is 0 Å². The van der Waals surface area contributed by atoms with Crippen LogP contribution in [0, 0.1) is 0 Å². The van der Waals surface area contributed by atoms with Crippen LogP contribution in [0.3, 0.4) is 0 Å². The van der Waals surface area contributed by atoms with E-state index >= 15 is 0 Å². The zero-order valence-electron chi connectivity index (χ0n) is 4.69. The van der Waals surface area contributed by atoms with Crippen molar-refractivity contribution in [2.24, 2.45) is 0 Å². The summed E-state index contributed by atoms with van der Waals surface area (Å²) >= 11 is 0. The van der Waals surface area contributed by atoms with Gasteiger partial charge in [0.15, 0.2) is 0 Å². The number of hydrogen-bond donors (Lipinski definition) is 0. The molecule has 0 spiro atoms. The van der Waals surface area contributed by atoms with Gasteiger partial charge in [0.1, 0.15) is 0 Å². The molecule has 0 aromatic carbocycles. The van der Waals surface area contributed by atoms with E-state index < -0.39 is 0 Å². The Labute approximate surface area is 55.8 Å². The standard InChI is InChI=1S/C3H6O.Na.H/c1-3-4-2;;/h3H,1H2,2H3;;/q;+1;-1. The van der Waals surface area contributed by atoms with E-state index in [-0.39, 0.29) is 31.0 Å². The molecule has 0 N–H and O–H groups in total. The van der Waals surface area contributed by atoms with Crippen LogP contribution in [0.2, 0.25) is 0 Å². The Bertz CT molecular complexity index is 24.8. The quantitative estimate of drug-likeness (QED) is 0.260. The van der Waals surface area contributed by atoms with Crippen molar-refractivity contribution in [3.05, 3.63) is 12.8 Å². The molecule has 0 aliphatic rings. The van der Waals surface area contributed by atoms with Crippen LogP contribution in [0.4, 0.5) is 0 Å². The molecular weight excluding hydrogens is 75.0 g/mol. The molecule has 0 aliphatic carbocycles. The van der Waals surface area contributed by atoms with Crippen LogP contribution in [0.5, 0.6) is 0 Å². The van der Waals surface area contributed by atoms with Crippen LogP contribution in [-0.4, -0.2) is 7.11 Å². The van der Waals surface area contributed by atoms with Crippen LogP contribution in [0.15, 0.2) is 12.8 Å². The molecule has 0 saturated carbocycles. The second-order valence-electron chi connectivity index (χ2n) is 0.402. The SMILES string of the molecule is C=COC.[H-].[Na+]. The van der Waals surface area contributed by atoms with Crippen molar-refractivity contribution < 1.29 is 35.7 Å². The number of methoxy groups -OCH3 is 1. The second kappa shape index (κ2) is 8.82. The van der Waals surface area contributed by atoms with Crippen molar-refractivity contribution in [2.45, 2.75) is 0 Å². The van der Waals surface area contributed by atoms with E-state index in [0.717, 1.165) is 0 Å². The van der Waals surface area contributed by atoms with E-state index in [4.69, 9.17) is 0 Å². The van der Waals surface area contributed by atoms with Crippen LogP contribution in [-0.2, 0) is 4.74 Å². The summed E-state index contributed by atoms with van der Waals surface area (Å²) in [5, 5.41) is 0. The summed E-state index contributed by atoms with van der Waals surface area (Å²) in [5.74, 6) is 0. The Balaban J connectivity index is -0.0000000450. The van der Waals surface area contributed by atoms with Crippen LogP contribution in [0.1, 0.15) is 1.43 Å². The van der Waals surface area contributed by atoms with E-state index in [1.54, 1.807) is 7.11 Å². The largest absolute Gasteiger partial charge is 1.00 e. The van der Waals surface area contributed by atoms with Gasteiger partial charge in [0, 0.05) is 0 Å². The average molecular weight is 82.1 g/mol. The normalized spacial score (nSPS) is 4.20. The zero-order chi connectivity index (χ0) is 3.41. The third-order valence-electron chi connectivity index (χ3n) is 0.167. The number of rotatable bonds is 1. The van der Waals surface area contributed by atoms with E-state index in [2.05, 4.69) is 11.3 Å². The van der Waals surface area contributed by atoms with Gasteiger partial charge in [-0.1, -0.05) is 6.58 Å². The fourth-order valence-electron chi connectivity index (χ4n) is 0. The molecule has 0 heterocycles. The summed E-state index contributed by atoms with van der Waals surface area (Å²) in [5.41, 5.74) is 0. The topological polar surface area (TPSA) is 9.23 Å². The summed E-state index contributed by atoms with van der Waals surface area (Å²) in [6.07, 6.45) is 1.38. The van der Waals surface area contributed by atoms with Crippen molar-refractivity contribution in [2.75, 3.05) is 7.11 Å². The minimum atomic E-state index is 0. The molecule has 0 fully saturated rings. The fourth-order valence-corrected chi connectivity index (χ4v) is 0. The van der Waals surface area contributed by atoms with Crippen molar-refractivity contribution in [1.29, 1.82) is 0 Å². The van der Waals surface area contributed by atoms with E-state index in [0.29, 0.717) is 0 Å². The maximum atomic E-state index is 4.31. The predicted molar refractivity (Wildman–Crippen MR) is 18.3 cm³/mol. The van der Waals surface area contributed by atoms with Crippen LogP contribution in [0.25, 0.3) is 0 Å². The summed E-state index contributed by atoms with van der Waals surface area (Å²) in [4.78, 5) is 0. The summed E-state index contributed by atoms with van der Waals surface area (Å²) < 4.78 is 4.31. The Hall–Kier alpha value is 0.540. The summed E-state index contributed by atoms with van der Waals surface area (Å²) in [6.45, 7) is 3.26.